The molecule has 2 rings (SSSR count). The number of hydrogen-bond donors (Lipinski definition) is 1. The lowest BCUT2D eigenvalue weighted by Crippen LogP contribution is -2.37. The summed E-state index contributed by atoms with van der Waals surface area (Å²) in [5.74, 6) is -0.669. The molecule has 1 aliphatic rings. The Balaban J connectivity index is 1.91. The highest BCUT2D eigenvalue weighted by atomic mass is 79.9. The maximum absolute atomic E-state index is 12.5. The second kappa shape index (κ2) is 8.45. The average Bonchev–Trinajstić information content (AvgIpc) is 2.75. The molecule has 23 heavy (non-hydrogen) atoms. The third-order valence-corrected chi connectivity index (χ3v) is 5.13. The highest BCUT2D eigenvalue weighted by molar-refractivity contribution is 9.10. The maximum Gasteiger partial charge on any atom is 0.317 e. The van der Waals surface area contributed by atoms with Crippen LogP contribution in [0.15, 0.2) is 28.7 Å². The Morgan fingerprint density at radius 1 is 1.30 bits per heavy atom. The number of rotatable bonds is 5. The van der Waals surface area contributed by atoms with Crippen LogP contribution in [0.4, 0.5) is 0 Å². The van der Waals surface area contributed by atoms with Gasteiger partial charge in [-0.1, -0.05) is 34.1 Å². The fourth-order valence-electron chi connectivity index (χ4n) is 3.03. The Morgan fingerprint density at radius 2 is 2.04 bits per heavy atom. The number of carbonyl (C=O) groups is 2. The van der Waals surface area contributed by atoms with Crippen LogP contribution in [0.5, 0.6) is 0 Å². The van der Waals surface area contributed by atoms with Gasteiger partial charge in [0.2, 0.25) is 5.91 Å². The van der Waals surface area contributed by atoms with E-state index in [9.17, 15) is 9.59 Å². The van der Waals surface area contributed by atoms with E-state index in [1.165, 1.54) is 0 Å². The minimum absolute atomic E-state index is 0.0512. The number of amides is 1. The van der Waals surface area contributed by atoms with Gasteiger partial charge in [-0.15, -0.1) is 0 Å². The Hall–Kier alpha value is -1.40. The minimum atomic E-state index is -0.807. The number of carboxylic acid groups (broad SMARTS) is 1. The molecule has 1 aromatic carbocycles. The molecule has 1 aliphatic heterocycles. The molecule has 1 heterocycles. The van der Waals surface area contributed by atoms with Gasteiger partial charge in [0.1, 0.15) is 0 Å². The monoisotopic (exact) mass is 382 g/mol. The minimum Gasteiger partial charge on any atom is -0.480 e. The van der Waals surface area contributed by atoms with Gasteiger partial charge in [-0.2, -0.15) is 0 Å². The zero-order valence-corrected chi connectivity index (χ0v) is 15.0. The molecule has 126 valence electrons. The SMILES string of the molecule is CN(CC(=O)O)[C@H]1CCCN(C(=O)Cc2ccccc2Br)CC1. The van der Waals surface area contributed by atoms with E-state index >= 15 is 0 Å². The largest absolute Gasteiger partial charge is 0.480 e. The molecule has 1 atom stereocenters. The zero-order valence-electron chi connectivity index (χ0n) is 13.4. The third kappa shape index (κ3) is 5.32. The van der Waals surface area contributed by atoms with Crippen LogP contribution in [0.1, 0.15) is 24.8 Å². The zero-order chi connectivity index (χ0) is 16.8. The van der Waals surface area contributed by atoms with E-state index in [0.717, 1.165) is 35.8 Å². The van der Waals surface area contributed by atoms with Gasteiger partial charge in [0.05, 0.1) is 13.0 Å². The average molecular weight is 383 g/mol. The normalized spacial score (nSPS) is 18.7. The van der Waals surface area contributed by atoms with Crippen LogP contribution < -0.4 is 0 Å². The van der Waals surface area contributed by atoms with Crippen LogP contribution in [0.2, 0.25) is 0 Å². The predicted molar refractivity (Wildman–Crippen MR) is 92.3 cm³/mol. The van der Waals surface area contributed by atoms with Crippen molar-refractivity contribution < 1.29 is 14.7 Å². The number of carbonyl (C=O) groups excluding carboxylic acids is 1. The number of aliphatic carboxylic acids is 1. The van der Waals surface area contributed by atoms with Crippen molar-refractivity contribution in [3.05, 3.63) is 34.3 Å². The molecule has 0 bridgehead atoms. The summed E-state index contributed by atoms with van der Waals surface area (Å²) in [7, 11) is 1.84. The quantitative estimate of drug-likeness (QED) is 0.848. The topological polar surface area (TPSA) is 60.9 Å². The molecule has 1 N–H and O–H groups in total. The van der Waals surface area contributed by atoms with Crippen LogP contribution >= 0.6 is 15.9 Å². The summed E-state index contributed by atoms with van der Waals surface area (Å²) >= 11 is 3.48. The molecule has 0 aromatic heterocycles. The summed E-state index contributed by atoms with van der Waals surface area (Å²) in [5.41, 5.74) is 1.00. The third-order valence-electron chi connectivity index (χ3n) is 4.36. The van der Waals surface area contributed by atoms with Crippen molar-refractivity contribution in [2.45, 2.75) is 31.7 Å². The van der Waals surface area contributed by atoms with Gasteiger partial charge >= 0.3 is 5.97 Å². The first-order valence-electron chi connectivity index (χ1n) is 7.90. The van der Waals surface area contributed by atoms with Crippen LogP contribution in [0, 0.1) is 0 Å². The van der Waals surface area contributed by atoms with Crippen molar-refractivity contribution in [1.82, 2.24) is 9.80 Å². The summed E-state index contributed by atoms with van der Waals surface area (Å²) in [4.78, 5) is 27.1. The molecule has 5 nitrogen and oxygen atoms in total. The molecular weight excluding hydrogens is 360 g/mol. The summed E-state index contributed by atoms with van der Waals surface area (Å²) < 4.78 is 0.960. The number of likely N-dealkylation sites (N-methyl/N-ethyl adjacent to an activating group) is 1. The van der Waals surface area contributed by atoms with E-state index in [1.807, 2.05) is 41.1 Å². The number of halogens is 1. The summed E-state index contributed by atoms with van der Waals surface area (Å²) in [6, 6.07) is 8.01. The van der Waals surface area contributed by atoms with Crippen molar-refractivity contribution in [2.75, 3.05) is 26.7 Å². The van der Waals surface area contributed by atoms with E-state index in [2.05, 4.69) is 15.9 Å². The lowest BCUT2D eigenvalue weighted by atomic mass is 10.1. The van der Waals surface area contributed by atoms with E-state index in [4.69, 9.17) is 5.11 Å². The van der Waals surface area contributed by atoms with Crippen molar-refractivity contribution in [1.29, 1.82) is 0 Å². The predicted octanol–water partition coefficient (Wildman–Crippen LogP) is 2.39. The Bertz CT molecular complexity index is 565. The molecule has 0 unspecified atom stereocenters. The lowest BCUT2D eigenvalue weighted by Gasteiger charge is -2.25. The maximum atomic E-state index is 12.5. The molecule has 0 saturated carbocycles. The Kier molecular flexibility index (Phi) is 6.59. The van der Waals surface area contributed by atoms with Gasteiger partial charge in [0.25, 0.3) is 0 Å². The first-order valence-corrected chi connectivity index (χ1v) is 8.70. The van der Waals surface area contributed by atoms with Crippen LogP contribution in [0.3, 0.4) is 0 Å². The molecule has 1 fully saturated rings. The second-order valence-electron chi connectivity index (χ2n) is 6.04. The summed E-state index contributed by atoms with van der Waals surface area (Å²) in [5, 5.41) is 8.90. The van der Waals surface area contributed by atoms with Gasteiger partial charge < -0.3 is 10.0 Å². The molecule has 0 aliphatic carbocycles. The van der Waals surface area contributed by atoms with Gasteiger partial charge in [0, 0.05) is 23.6 Å². The number of hydrogen-bond acceptors (Lipinski definition) is 3. The van der Waals surface area contributed by atoms with Crippen molar-refractivity contribution in [3.8, 4) is 0 Å². The molecule has 1 saturated heterocycles. The fraction of sp³-hybridized carbons (Fsp3) is 0.529. The molecule has 1 amide bonds. The van der Waals surface area contributed by atoms with Crippen LogP contribution in [0.25, 0.3) is 0 Å². The second-order valence-corrected chi connectivity index (χ2v) is 6.90. The van der Waals surface area contributed by atoms with E-state index < -0.39 is 5.97 Å². The van der Waals surface area contributed by atoms with Gasteiger partial charge in [-0.05, 0) is 37.9 Å². The van der Waals surface area contributed by atoms with Gasteiger partial charge in [-0.25, -0.2) is 0 Å². The smallest absolute Gasteiger partial charge is 0.317 e. The highest BCUT2D eigenvalue weighted by Crippen LogP contribution is 2.19. The molecule has 0 spiro atoms. The van der Waals surface area contributed by atoms with E-state index in [0.29, 0.717) is 13.0 Å². The first kappa shape index (κ1) is 17.9. The number of nitrogens with zero attached hydrogens (tertiary/aromatic N) is 2. The Labute approximate surface area is 145 Å². The van der Waals surface area contributed by atoms with E-state index in [1.54, 1.807) is 0 Å². The number of likely N-dealkylation sites (tertiary alicyclic amines) is 1. The summed E-state index contributed by atoms with van der Waals surface area (Å²) in [6.07, 6.45) is 3.07. The lowest BCUT2D eigenvalue weighted by molar-refractivity contribution is -0.138. The first-order chi connectivity index (χ1) is 11.0. The standard InChI is InChI=1S/C17H23BrN2O3/c1-19(12-17(22)23)14-6-4-9-20(10-8-14)16(21)11-13-5-2-3-7-15(13)18/h2-3,5,7,14H,4,6,8-12H2,1H3,(H,22,23)/t14-/m0/s1. The van der Waals surface area contributed by atoms with Crippen LogP contribution in [-0.4, -0.2) is 59.5 Å². The number of benzene rings is 1. The molecule has 0 radical (unpaired) electrons. The fourth-order valence-corrected chi connectivity index (χ4v) is 3.45. The van der Waals surface area contributed by atoms with Crippen molar-refractivity contribution in [3.63, 3.8) is 0 Å². The van der Waals surface area contributed by atoms with Gasteiger partial charge in [0.15, 0.2) is 0 Å². The van der Waals surface area contributed by atoms with E-state index in [-0.39, 0.29) is 18.5 Å². The molecular formula is C17H23BrN2O3. The van der Waals surface area contributed by atoms with Crippen molar-refractivity contribution >= 4 is 27.8 Å². The van der Waals surface area contributed by atoms with Gasteiger partial charge in [-0.3, -0.25) is 14.5 Å². The van der Waals surface area contributed by atoms with Crippen LogP contribution in [-0.2, 0) is 16.0 Å². The molecule has 6 heteroatoms. The Morgan fingerprint density at radius 3 is 2.74 bits per heavy atom. The van der Waals surface area contributed by atoms with Crippen molar-refractivity contribution in [2.24, 2.45) is 0 Å². The molecule has 1 aromatic rings. The number of carboxylic acids is 1. The highest BCUT2D eigenvalue weighted by Gasteiger charge is 2.24. The summed E-state index contributed by atoms with van der Waals surface area (Å²) in [6.45, 7) is 1.49.